The Morgan fingerprint density at radius 2 is 0.746 bits per heavy atom. The Balaban J connectivity index is 0.934. The lowest BCUT2D eigenvalue weighted by molar-refractivity contribution is 0.660. The fourth-order valence-electron chi connectivity index (χ4n) is 8.71. The molecule has 1 aliphatic rings. The minimum atomic E-state index is -0.156. The molecule has 282 valence electrons. The van der Waals surface area contributed by atoms with Gasteiger partial charge in [0.1, 0.15) is 0 Å². The van der Waals surface area contributed by atoms with Crippen LogP contribution in [0.15, 0.2) is 218 Å². The van der Waals surface area contributed by atoms with Crippen molar-refractivity contribution in [2.75, 3.05) is 9.80 Å². The fraction of sp³-hybridized carbons (Fsp3) is 0.0526. The molecule has 9 aromatic carbocycles. The molecule has 0 N–H and O–H groups in total. The number of rotatable bonds is 9. The zero-order chi connectivity index (χ0) is 39.8. The first-order valence-electron chi connectivity index (χ1n) is 20.4. The normalized spacial score (nSPS) is 12.6. The van der Waals surface area contributed by atoms with Gasteiger partial charge in [0.15, 0.2) is 0 Å². The van der Waals surface area contributed by atoms with Gasteiger partial charge < -0.3 is 9.80 Å². The van der Waals surface area contributed by atoms with Gasteiger partial charge in [-0.1, -0.05) is 172 Å². The molecular formula is C57H44N2. The van der Waals surface area contributed by atoms with Gasteiger partial charge in [0.2, 0.25) is 0 Å². The maximum absolute atomic E-state index is 2.39. The van der Waals surface area contributed by atoms with Crippen molar-refractivity contribution in [2.45, 2.75) is 19.3 Å². The van der Waals surface area contributed by atoms with Gasteiger partial charge in [-0.05, 0) is 128 Å². The second kappa shape index (κ2) is 15.2. The van der Waals surface area contributed by atoms with E-state index in [1.54, 1.807) is 0 Å². The van der Waals surface area contributed by atoms with E-state index in [4.69, 9.17) is 0 Å². The summed E-state index contributed by atoms with van der Waals surface area (Å²) >= 11 is 0. The number of hydrogen-bond acceptors (Lipinski definition) is 2. The Kier molecular flexibility index (Phi) is 9.24. The van der Waals surface area contributed by atoms with E-state index in [-0.39, 0.29) is 5.41 Å². The summed E-state index contributed by atoms with van der Waals surface area (Å²) in [6.45, 7) is 4.72. The first-order valence-corrected chi connectivity index (χ1v) is 20.4. The lowest BCUT2D eigenvalue weighted by Crippen LogP contribution is -2.16. The van der Waals surface area contributed by atoms with Crippen LogP contribution in [0.2, 0.25) is 0 Å². The Morgan fingerprint density at radius 3 is 1.39 bits per heavy atom. The van der Waals surface area contributed by atoms with Crippen LogP contribution in [-0.2, 0) is 5.41 Å². The number of fused-ring (bicyclic) bond motifs is 4. The lowest BCUT2D eigenvalue weighted by Gasteiger charge is -2.28. The van der Waals surface area contributed by atoms with Gasteiger partial charge in [0, 0.05) is 39.5 Å². The van der Waals surface area contributed by atoms with Crippen molar-refractivity contribution in [1.29, 1.82) is 0 Å². The van der Waals surface area contributed by atoms with E-state index >= 15 is 0 Å². The quantitative estimate of drug-likeness (QED) is 0.135. The van der Waals surface area contributed by atoms with Crippen LogP contribution < -0.4 is 9.80 Å². The average Bonchev–Trinajstić information content (AvgIpc) is 3.52. The minimum absolute atomic E-state index is 0.156. The van der Waals surface area contributed by atoms with Crippen LogP contribution >= 0.6 is 0 Å². The Hall–Kier alpha value is -7.42. The van der Waals surface area contributed by atoms with Gasteiger partial charge >= 0.3 is 0 Å². The first-order chi connectivity index (χ1) is 29.0. The molecule has 0 heterocycles. The van der Waals surface area contributed by atoms with E-state index < -0.39 is 0 Å². The molecule has 0 radical (unpaired) electrons. The van der Waals surface area contributed by atoms with Gasteiger partial charge in [-0.15, -0.1) is 0 Å². The third-order valence-corrected chi connectivity index (χ3v) is 11.8. The molecule has 59 heavy (non-hydrogen) atoms. The van der Waals surface area contributed by atoms with Crippen LogP contribution in [0.4, 0.5) is 34.1 Å². The molecule has 0 saturated carbocycles. The van der Waals surface area contributed by atoms with E-state index in [0.717, 1.165) is 39.7 Å². The molecule has 0 spiro atoms. The average molecular weight is 757 g/mol. The molecular weight excluding hydrogens is 713 g/mol. The molecule has 0 amide bonds. The predicted octanol–water partition coefficient (Wildman–Crippen LogP) is 15.9. The highest BCUT2D eigenvalue weighted by Gasteiger charge is 2.36. The van der Waals surface area contributed by atoms with Gasteiger partial charge in [-0.25, -0.2) is 0 Å². The van der Waals surface area contributed by atoms with Crippen LogP contribution in [0, 0.1) is 0 Å². The predicted molar refractivity (Wildman–Crippen MR) is 252 cm³/mol. The van der Waals surface area contributed by atoms with Crippen LogP contribution in [0.3, 0.4) is 0 Å². The largest absolute Gasteiger partial charge is 0.310 e. The topological polar surface area (TPSA) is 6.48 Å². The summed E-state index contributed by atoms with van der Waals surface area (Å²) in [5.74, 6) is 0. The van der Waals surface area contributed by atoms with Crippen molar-refractivity contribution in [2.24, 2.45) is 0 Å². The fourth-order valence-corrected chi connectivity index (χ4v) is 8.71. The number of benzene rings is 9. The van der Waals surface area contributed by atoms with E-state index in [1.165, 1.54) is 49.7 Å². The zero-order valence-electron chi connectivity index (χ0n) is 33.3. The number of nitrogens with zero attached hydrogens (tertiary/aromatic N) is 2. The van der Waals surface area contributed by atoms with Gasteiger partial charge in [0.25, 0.3) is 0 Å². The molecule has 0 bridgehead atoms. The molecule has 0 saturated heterocycles. The second-order valence-corrected chi connectivity index (χ2v) is 15.9. The molecule has 0 aliphatic heterocycles. The molecule has 0 unspecified atom stereocenters. The lowest BCUT2D eigenvalue weighted by atomic mass is 9.81. The highest BCUT2D eigenvalue weighted by Crippen LogP contribution is 2.51. The van der Waals surface area contributed by atoms with Gasteiger partial charge in [-0.3, -0.25) is 0 Å². The minimum Gasteiger partial charge on any atom is -0.310 e. The van der Waals surface area contributed by atoms with Crippen LogP contribution in [-0.4, -0.2) is 0 Å². The van der Waals surface area contributed by atoms with Crippen molar-refractivity contribution in [3.63, 3.8) is 0 Å². The molecule has 0 atom stereocenters. The zero-order valence-corrected chi connectivity index (χ0v) is 33.3. The molecule has 2 nitrogen and oxygen atoms in total. The maximum Gasteiger partial charge on any atom is 0.0468 e. The molecule has 0 aromatic heterocycles. The monoisotopic (exact) mass is 756 g/mol. The number of anilines is 6. The molecule has 10 rings (SSSR count). The SMILES string of the molecule is CC1(C)c2cc(/C=C/c3ccc(N(c4ccc(-c5ccccc5)cc4)c4ccc5ccccc5c4)cc3)ccc2-c2ccc(N(c3ccccc3)c3ccccc3)cc21. The highest BCUT2D eigenvalue weighted by atomic mass is 15.1. The summed E-state index contributed by atoms with van der Waals surface area (Å²) < 4.78 is 0. The molecule has 1 aliphatic carbocycles. The van der Waals surface area contributed by atoms with Crippen molar-refractivity contribution >= 4 is 57.0 Å². The van der Waals surface area contributed by atoms with Crippen molar-refractivity contribution in [3.8, 4) is 22.3 Å². The molecule has 2 heteroatoms. The summed E-state index contributed by atoms with van der Waals surface area (Å²) in [4.78, 5) is 4.70. The third-order valence-electron chi connectivity index (χ3n) is 11.8. The Bertz CT molecular complexity index is 2890. The van der Waals surface area contributed by atoms with E-state index in [9.17, 15) is 0 Å². The van der Waals surface area contributed by atoms with Gasteiger partial charge in [-0.2, -0.15) is 0 Å². The standard InChI is InChI=1S/C57H44N2/c1-57(2)55-38-42(26-36-53(55)54-37-35-52(40-56(54)57)58(47-18-8-4-9-19-47)48-20-10-5-11-21-48)23-22-41-24-30-49(31-25-41)59(51-34-29-44-16-12-13-17-46(44)39-51)50-32-27-45(28-33-50)43-14-6-3-7-15-43/h3-40H,1-2H3/b23-22+. The Morgan fingerprint density at radius 1 is 0.322 bits per heavy atom. The summed E-state index contributed by atoms with van der Waals surface area (Å²) in [6.07, 6.45) is 4.47. The van der Waals surface area contributed by atoms with Crippen molar-refractivity contribution in [1.82, 2.24) is 0 Å². The van der Waals surface area contributed by atoms with Crippen LogP contribution in [0.25, 0.3) is 45.2 Å². The maximum atomic E-state index is 2.39. The molecule has 9 aromatic rings. The summed E-state index contributed by atoms with van der Waals surface area (Å²) in [5.41, 5.74) is 16.7. The Labute approximate surface area is 347 Å². The first kappa shape index (κ1) is 36.0. The summed E-state index contributed by atoms with van der Waals surface area (Å²) in [6, 6.07) is 78.8. The van der Waals surface area contributed by atoms with E-state index in [0.29, 0.717) is 0 Å². The van der Waals surface area contributed by atoms with Crippen LogP contribution in [0.1, 0.15) is 36.1 Å². The van der Waals surface area contributed by atoms with Gasteiger partial charge in [0.05, 0.1) is 0 Å². The van der Waals surface area contributed by atoms with E-state index in [2.05, 4.69) is 254 Å². The third kappa shape index (κ3) is 6.89. The van der Waals surface area contributed by atoms with E-state index in [1.807, 2.05) is 0 Å². The highest BCUT2D eigenvalue weighted by molar-refractivity contribution is 5.90. The smallest absolute Gasteiger partial charge is 0.0468 e. The van der Waals surface area contributed by atoms with Crippen molar-refractivity contribution in [3.05, 3.63) is 241 Å². The summed E-state index contributed by atoms with van der Waals surface area (Å²) in [5, 5.41) is 2.45. The van der Waals surface area contributed by atoms with Crippen molar-refractivity contribution < 1.29 is 0 Å². The summed E-state index contributed by atoms with van der Waals surface area (Å²) in [7, 11) is 0. The second-order valence-electron chi connectivity index (χ2n) is 15.9. The molecule has 0 fully saturated rings. The van der Waals surface area contributed by atoms with Crippen LogP contribution in [0.5, 0.6) is 0 Å². The number of hydrogen-bond donors (Lipinski definition) is 0. The number of para-hydroxylation sites is 2.